The molecule has 0 fully saturated rings. The Hall–Kier alpha value is -7.62. The van der Waals surface area contributed by atoms with E-state index >= 15 is 0 Å². The van der Waals surface area contributed by atoms with Crippen LogP contribution in [-0.4, -0.2) is 4.57 Å². The smallest absolute Gasteiger partial charge is 0.143 e. The van der Waals surface area contributed by atoms with Gasteiger partial charge in [0, 0.05) is 49.9 Å². The molecule has 286 valence electrons. The van der Waals surface area contributed by atoms with Gasteiger partial charge >= 0.3 is 0 Å². The lowest BCUT2D eigenvalue weighted by Gasteiger charge is -2.29. The van der Waals surface area contributed by atoms with Crippen LogP contribution in [0.1, 0.15) is 16.7 Å². The van der Waals surface area contributed by atoms with Crippen molar-refractivity contribution in [2.45, 2.75) is 20.8 Å². The Morgan fingerprint density at radius 2 is 0.950 bits per heavy atom. The summed E-state index contributed by atoms with van der Waals surface area (Å²) in [6, 6.07) is 72.3. The van der Waals surface area contributed by atoms with Gasteiger partial charge in [-0.05, 0) is 132 Å². The Bertz CT molecular complexity index is 3320. The average Bonchev–Trinajstić information content (AvgIpc) is 3.83. The number of para-hydroxylation sites is 3. The predicted molar refractivity (Wildman–Crippen MR) is 253 cm³/mol. The topological polar surface area (TPSA) is 21.3 Å². The minimum Gasteiger partial charge on any atom is -0.455 e. The standard InChI is InChI=1S/C57H42N2O/c1-37-32-43(40-16-6-4-7-17-40)28-31-52(37)58(45-33-38(2)56(39(3)34-45)42-18-8-5-9-19-42)46-35-50(57-51(36-46)49-22-12-15-25-55(49)60-57)41-26-29-44(30-27-41)59-53-23-13-10-20-47(53)48-21-11-14-24-54(48)59/h4-36H,1-3H3. The maximum absolute atomic E-state index is 6.77. The van der Waals surface area contributed by atoms with Gasteiger partial charge in [0.25, 0.3) is 0 Å². The Morgan fingerprint density at radius 1 is 0.400 bits per heavy atom. The summed E-state index contributed by atoms with van der Waals surface area (Å²) in [7, 11) is 0. The zero-order chi connectivity index (χ0) is 40.3. The summed E-state index contributed by atoms with van der Waals surface area (Å²) < 4.78 is 9.14. The van der Waals surface area contributed by atoms with Crippen LogP contribution >= 0.6 is 0 Å². The summed E-state index contributed by atoms with van der Waals surface area (Å²) in [4.78, 5) is 2.44. The molecule has 11 aromatic rings. The maximum atomic E-state index is 6.77. The molecular formula is C57H42N2O. The molecule has 11 rings (SSSR count). The highest BCUT2D eigenvalue weighted by Gasteiger charge is 2.23. The van der Waals surface area contributed by atoms with E-state index in [0.717, 1.165) is 55.8 Å². The summed E-state index contributed by atoms with van der Waals surface area (Å²) >= 11 is 0. The Labute approximate surface area is 350 Å². The second kappa shape index (κ2) is 14.3. The van der Waals surface area contributed by atoms with Crippen LogP contribution in [0.3, 0.4) is 0 Å². The van der Waals surface area contributed by atoms with E-state index in [1.165, 1.54) is 60.8 Å². The highest BCUT2D eigenvalue weighted by molar-refractivity contribution is 6.12. The molecule has 60 heavy (non-hydrogen) atoms. The van der Waals surface area contributed by atoms with Crippen molar-refractivity contribution in [1.29, 1.82) is 0 Å². The average molecular weight is 771 g/mol. The summed E-state index contributed by atoms with van der Waals surface area (Å²) in [5.74, 6) is 0. The van der Waals surface area contributed by atoms with E-state index in [1.807, 2.05) is 0 Å². The van der Waals surface area contributed by atoms with E-state index in [4.69, 9.17) is 4.42 Å². The molecule has 0 unspecified atom stereocenters. The molecule has 0 amide bonds. The number of furan rings is 1. The first kappa shape index (κ1) is 35.5. The number of hydrogen-bond acceptors (Lipinski definition) is 2. The third-order valence-electron chi connectivity index (χ3n) is 12.1. The number of rotatable bonds is 7. The number of nitrogens with zero attached hydrogens (tertiary/aromatic N) is 2. The highest BCUT2D eigenvalue weighted by Crippen LogP contribution is 2.46. The lowest BCUT2D eigenvalue weighted by molar-refractivity contribution is 0.670. The van der Waals surface area contributed by atoms with Crippen LogP contribution in [0.5, 0.6) is 0 Å². The van der Waals surface area contributed by atoms with E-state index < -0.39 is 0 Å². The van der Waals surface area contributed by atoms with Gasteiger partial charge in [-0.1, -0.05) is 133 Å². The molecule has 0 spiro atoms. The van der Waals surface area contributed by atoms with E-state index in [-0.39, 0.29) is 0 Å². The summed E-state index contributed by atoms with van der Waals surface area (Å²) in [6.45, 7) is 6.70. The Morgan fingerprint density at radius 3 is 1.60 bits per heavy atom. The van der Waals surface area contributed by atoms with Gasteiger partial charge in [0.1, 0.15) is 11.2 Å². The number of anilines is 3. The first-order valence-corrected chi connectivity index (χ1v) is 20.7. The van der Waals surface area contributed by atoms with Gasteiger partial charge in [-0.25, -0.2) is 0 Å². The van der Waals surface area contributed by atoms with Gasteiger partial charge in [0.15, 0.2) is 0 Å². The minimum atomic E-state index is 0.877. The predicted octanol–water partition coefficient (Wildman–Crippen LogP) is 16.1. The number of aryl methyl sites for hydroxylation is 3. The summed E-state index contributed by atoms with van der Waals surface area (Å²) in [5, 5.41) is 4.69. The fraction of sp³-hybridized carbons (Fsp3) is 0.0526. The first-order chi connectivity index (χ1) is 29.5. The van der Waals surface area contributed by atoms with Crippen molar-refractivity contribution in [2.24, 2.45) is 0 Å². The van der Waals surface area contributed by atoms with E-state index in [1.54, 1.807) is 0 Å². The van der Waals surface area contributed by atoms with E-state index in [0.29, 0.717) is 0 Å². The van der Waals surface area contributed by atoms with Crippen LogP contribution in [0.25, 0.3) is 82.8 Å². The largest absolute Gasteiger partial charge is 0.455 e. The monoisotopic (exact) mass is 770 g/mol. The molecule has 3 heteroatoms. The van der Waals surface area contributed by atoms with Crippen molar-refractivity contribution in [2.75, 3.05) is 4.90 Å². The Kier molecular flexibility index (Phi) is 8.49. The third kappa shape index (κ3) is 5.89. The van der Waals surface area contributed by atoms with Gasteiger partial charge in [-0.2, -0.15) is 0 Å². The van der Waals surface area contributed by atoms with Gasteiger partial charge in [0.05, 0.1) is 11.0 Å². The molecule has 0 N–H and O–H groups in total. The number of hydrogen-bond donors (Lipinski definition) is 0. The lowest BCUT2D eigenvalue weighted by Crippen LogP contribution is -2.12. The van der Waals surface area contributed by atoms with Crippen LogP contribution in [0.15, 0.2) is 205 Å². The number of fused-ring (bicyclic) bond motifs is 6. The van der Waals surface area contributed by atoms with Crippen molar-refractivity contribution in [1.82, 2.24) is 4.57 Å². The molecule has 0 radical (unpaired) electrons. The van der Waals surface area contributed by atoms with Crippen molar-refractivity contribution in [3.63, 3.8) is 0 Å². The van der Waals surface area contributed by atoms with Crippen LogP contribution in [0, 0.1) is 20.8 Å². The normalized spacial score (nSPS) is 11.6. The molecule has 9 aromatic carbocycles. The molecule has 3 nitrogen and oxygen atoms in total. The molecule has 2 heterocycles. The van der Waals surface area contributed by atoms with Crippen LogP contribution in [0.4, 0.5) is 17.1 Å². The van der Waals surface area contributed by atoms with Crippen molar-refractivity contribution >= 4 is 60.8 Å². The molecule has 0 saturated heterocycles. The zero-order valence-corrected chi connectivity index (χ0v) is 33.9. The number of benzene rings is 9. The SMILES string of the molecule is Cc1cc(-c2ccccc2)ccc1N(c1cc(C)c(-c2ccccc2)c(C)c1)c1cc(-c2ccc(-n3c4ccccc4c4ccccc43)cc2)c2oc3ccccc3c2c1. The quantitative estimate of drug-likeness (QED) is 0.161. The van der Waals surface area contributed by atoms with Crippen molar-refractivity contribution < 1.29 is 4.42 Å². The highest BCUT2D eigenvalue weighted by atomic mass is 16.3. The second-order valence-corrected chi connectivity index (χ2v) is 15.9. The molecule has 0 aliphatic carbocycles. The van der Waals surface area contributed by atoms with Crippen LogP contribution in [-0.2, 0) is 0 Å². The van der Waals surface area contributed by atoms with Crippen molar-refractivity contribution in [3.8, 4) is 39.1 Å². The van der Waals surface area contributed by atoms with E-state index in [2.05, 4.69) is 230 Å². The van der Waals surface area contributed by atoms with Crippen LogP contribution < -0.4 is 4.90 Å². The maximum Gasteiger partial charge on any atom is 0.143 e. The summed E-state index contributed by atoms with van der Waals surface area (Å²) in [5.41, 5.74) is 19.3. The summed E-state index contributed by atoms with van der Waals surface area (Å²) in [6.07, 6.45) is 0. The molecule has 0 saturated carbocycles. The van der Waals surface area contributed by atoms with E-state index in [9.17, 15) is 0 Å². The third-order valence-corrected chi connectivity index (χ3v) is 12.1. The Balaban J connectivity index is 1.12. The van der Waals surface area contributed by atoms with Crippen molar-refractivity contribution in [3.05, 3.63) is 217 Å². The van der Waals surface area contributed by atoms with Gasteiger partial charge in [0.2, 0.25) is 0 Å². The molecule has 0 aliphatic heterocycles. The molecular weight excluding hydrogens is 729 g/mol. The van der Waals surface area contributed by atoms with Gasteiger partial charge < -0.3 is 13.9 Å². The second-order valence-electron chi connectivity index (χ2n) is 15.9. The fourth-order valence-electron chi connectivity index (χ4n) is 9.42. The number of aromatic nitrogens is 1. The van der Waals surface area contributed by atoms with Gasteiger partial charge in [-0.3, -0.25) is 0 Å². The fourth-order valence-corrected chi connectivity index (χ4v) is 9.42. The molecule has 0 atom stereocenters. The van der Waals surface area contributed by atoms with Gasteiger partial charge in [-0.15, -0.1) is 0 Å². The van der Waals surface area contributed by atoms with Crippen LogP contribution in [0.2, 0.25) is 0 Å². The molecule has 0 bridgehead atoms. The first-order valence-electron chi connectivity index (χ1n) is 20.7. The molecule has 0 aliphatic rings. The molecule has 2 aromatic heterocycles. The minimum absolute atomic E-state index is 0.877. The zero-order valence-electron chi connectivity index (χ0n) is 33.9. The lowest BCUT2D eigenvalue weighted by atomic mass is 9.94.